The third-order valence-corrected chi connectivity index (χ3v) is 12.7. The molecule has 4 unspecified atom stereocenters. The summed E-state index contributed by atoms with van der Waals surface area (Å²) >= 11 is 0. The lowest BCUT2D eigenvalue weighted by Gasteiger charge is -2.66. The van der Waals surface area contributed by atoms with Gasteiger partial charge in [-0.05, 0) is 103 Å². The largest absolute Gasteiger partial charge is 0.355 e. The monoisotopic (exact) mass is 495 g/mol. The van der Waals surface area contributed by atoms with Crippen molar-refractivity contribution in [1.29, 1.82) is 0 Å². The minimum absolute atomic E-state index is 0.0218. The van der Waals surface area contributed by atoms with Crippen LogP contribution in [0.5, 0.6) is 0 Å². The van der Waals surface area contributed by atoms with Crippen molar-refractivity contribution in [3.63, 3.8) is 0 Å². The number of hydrogen-bond donors (Lipinski definition) is 2. The van der Waals surface area contributed by atoms with Gasteiger partial charge < -0.3 is 5.32 Å². The van der Waals surface area contributed by atoms with Crippen molar-refractivity contribution in [2.75, 3.05) is 12.3 Å². The number of hydrogen-bond acceptors (Lipinski definition) is 3. The van der Waals surface area contributed by atoms with E-state index < -0.39 is 15.9 Å². The van der Waals surface area contributed by atoms with Crippen molar-refractivity contribution in [2.24, 2.45) is 51.8 Å². The fourth-order valence-corrected chi connectivity index (χ4v) is 10.5. The summed E-state index contributed by atoms with van der Waals surface area (Å²) in [6.45, 7) is 12.8. The summed E-state index contributed by atoms with van der Waals surface area (Å²) < 4.78 is 30.6. The highest BCUT2D eigenvalue weighted by Crippen LogP contribution is 2.74. The van der Waals surface area contributed by atoms with Crippen LogP contribution in [0.25, 0.3) is 0 Å². The molecule has 2 N–H and O–H groups in total. The van der Waals surface area contributed by atoms with Gasteiger partial charge in [0, 0.05) is 13.0 Å². The fraction of sp³-hybridized carbons (Fsp3) is 0.964. The smallest absolute Gasteiger partial charge is 0.266 e. The molecule has 0 aromatic rings. The second-order valence-electron chi connectivity index (χ2n) is 13.5. The minimum atomic E-state index is -4.03. The molecule has 0 spiro atoms. The van der Waals surface area contributed by atoms with Crippen LogP contribution in [-0.4, -0.2) is 31.2 Å². The highest BCUT2D eigenvalue weighted by molar-refractivity contribution is 7.85. The van der Waals surface area contributed by atoms with Crippen LogP contribution in [-0.2, 0) is 14.9 Å². The molecule has 0 aliphatic heterocycles. The Hall–Kier alpha value is -0.620. The van der Waals surface area contributed by atoms with Gasteiger partial charge in [-0.2, -0.15) is 8.42 Å². The van der Waals surface area contributed by atoms with Gasteiger partial charge in [-0.3, -0.25) is 9.35 Å². The molecule has 1 amide bonds. The van der Waals surface area contributed by atoms with Crippen LogP contribution in [0.1, 0.15) is 105 Å². The van der Waals surface area contributed by atoms with E-state index in [-0.39, 0.29) is 12.5 Å². The predicted molar refractivity (Wildman–Crippen MR) is 137 cm³/mol. The van der Waals surface area contributed by atoms with Gasteiger partial charge in [-0.25, -0.2) is 0 Å². The molecular formula is C28H49NO4S. The second kappa shape index (κ2) is 9.36. The lowest BCUT2D eigenvalue weighted by Crippen LogP contribution is -2.59. The zero-order valence-corrected chi connectivity index (χ0v) is 23.1. The summed E-state index contributed by atoms with van der Waals surface area (Å²) in [5.74, 6) is 4.04. The average molecular weight is 496 g/mol. The van der Waals surface area contributed by atoms with E-state index in [4.69, 9.17) is 4.55 Å². The Morgan fingerprint density at radius 3 is 2.47 bits per heavy atom. The Labute approximate surface area is 208 Å². The van der Waals surface area contributed by atoms with E-state index in [2.05, 4.69) is 39.9 Å². The van der Waals surface area contributed by atoms with E-state index in [1.807, 2.05) is 0 Å². The van der Waals surface area contributed by atoms with Gasteiger partial charge in [0.1, 0.15) is 0 Å². The topological polar surface area (TPSA) is 83.5 Å². The van der Waals surface area contributed by atoms with E-state index in [1.165, 1.54) is 57.8 Å². The highest BCUT2D eigenvalue weighted by Gasteiger charge is 2.66. The molecule has 4 aliphatic carbocycles. The molecule has 0 bridgehead atoms. The molecule has 0 aromatic carbocycles. The molecular weight excluding hydrogens is 446 g/mol. The molecule has 196 valence electrons. The van der Waals surface area contributed by atoms with Crippen molar-refractivity contribution >= 4 is 16.0 Å². The van der Waals surface area contributed by atoms with Crippen LogP contribution in [0.15, 0.2) is 0 Å². The SMILES string of the molecule is C[C@@H]1CC2CCCC[C@@]2(C)C2CC[C@@]3(C)[C@H]([C@@H](C)CCC(=O)NCCS(=O)(=O)O)CCC3(C)C21. The molecule has 5 nitrogen and oxygen atoms in total. The zero-order valence-electron chi connectivity index (χ0n) is 22.2. The van der Waals surface area contributed by atoms with Crippen LogP contribution in [0.4, 0.5) is 0 Å². The summed E-state index contributed by atoms with van der Waals surface area (Å²) in [6.07, 6.45) is 13.7. The van der Waals surface area contributed by atoms with Gasteiger partial charge >= 0.3 is 0 Å². The predicted octanol–water partition coefficient (Wildman–Crippen LogP) is 6.09. The van der Waals surface area contributed by atoms with E-state index in [9.17, 15) is 13.2 Å². The maximum absolute atomic E-state index is 12.3. The molecule has 4 fully saturated rings. The summed E-state index contributed by atoms with van der Waals surface area (Å²) in [4.78, 5) is 12.3. The number of carbonyl (C=O) groups excluding carboxylic acids is 1. The number of rotatable bonds is 7. The molecule has 4 aliphatic rings. The summed E-state index contributed by atoms with van der Waals surface area (Å²) in [5, 5.41) is 2.65. The molecule has 0 heterocycles. The van der Waals surface area contributed by atoms with Crippen LogP contribution < -0.4 is 5.32 Å². The van der Waals surface area contributed by atoms with Gasteiger partial charge in [0.25, 0.3) is 10.1 Å². The van der Waals surface area contributed by atoms with Crippen LogP contribution in [0.2, 0.25) is 0 Å². The number of nitrogens with one attached hydrogen (secondary N) is 1. The second-order valence-corrected chi connectivity index (χ2v) is 15.0. The zero-order chi connectivity index (χ0) is 24.9. The fourth-order valence-electron chi connectivity index (χ4n) is 10.1. The highest BCUT2D eigenvalue weighted by atomic mass is 32.2. The molecule has 4 rings (SSSR count). The van der Waals surface area contributed by atoms with E-state index in [0.29, 0.717) is 34.5 Å². The van der Waals surface area contributed by atoms with E-state index in [1.54, 1.807) is 0 Å². The van der Waals surface area contributed by atoms with Crippen molar-refractivity contribution in [2.45, 2.75) is 105 Å². The quantitative estimate of drug-likeness (QED) is 0.419. The van der Waals surface area contributed by atoms with Crippen LogP contribution in [0, 0.1) is 51.8 Å². The van der Waals surface area contributed by atoms with Gasteiger partial charge in [0.05, 0.1) is 5.75 Å². The molecule has 9 atom stereocenters. The van der Waals surface area contributed by atoms with Crippen molar-refractivity contribution in [3.8, 4) is 0 Å². The lowest BCUT2D eigenvalue weighted by atomic mass is 9.38. The van der Waals surface area contributed by atoms with Gasteiger partial charge in [-0.15, -0.1) is 0 Å². The van der Waals surface area contributed by atoms with Crippen molar-refractivity contribution in [1.82, 2.24) is 5.32 Å². The van der Waals surface area contributed by atoms with E-state index in [0.717, 1.165) is 30.1 Å². The molecule has 0 aromatic heterocycles. The normalized spacial score (nSPS) is 45.1. The molecule has 6 heteroatoms. The van der Waals surface area contributed by atoms with Crippen LogP contribution in [0.3, 0.4) is 0 Å². The van der Waals surface area contributed by atoms with Crippen LogP contribution >= 0.6 is 0 Å². The first-order chi connectivity index (χ1) is 15.8. The number of carbonyl (C=O) groups is 1. The maximum atomic E-state index is 12.3. The van der Waals surface area contributed by atoms with E-state index >= 15 is 0 Å². The van der Waals surface area contributed by atoms with Crippen molar-refractivity contribution < 1.29 is 17.8 Å². The summed E-state index contributed by atoms with van der Waals surface area (Å²) in [5.41, 5.74) is 1.27. The third kappa shape index (κ3) is 4.48. The average Bonchev–Trinajstić information content (AvgIpc) is 3.02. The molecule has 0 saturated heterocycles. The van der Waals surface area contributed by atoms with Gasteiger partial charge in [0.15, 0.2) is 0 Å². The van der Waals surface area contributed by atoms with Gasteiger partial charge in [0.2, 0.25) is 5.91 Å². The first-order valence-electron chi connectivity index (χ1n) is 14.0. The minimum Gasteiger partial charge on any atom is -0.355 e. The Balaban J connectivity index is 1.43. The molecule has 34 heavy (non-hydrogen) atoms. The first kappa shape index (κ1) is 26.4. The Morgan fingerprint density at radius 1 is 1.06 bits per heavy atom. The number of fused-ring (bicyclic) bond motifs is 5. The van der Waals surface area contributed by atoms with Crippen molar-refractivity contribution in [3.05, 3.63) is 0 Å². The molecule has 0 radical (unpaired) electrons. The Morgan fingerprint density at radius 2 is 1.76 bits per heavy atom. The lowest BCUT2D eigenvalue weighted by molar-refractivity contribution is -0.178. The maximum Gasteiger partial charge on any atom is 0.266 e. The van der Waals surface area contributed by atoms with Gasteiger partial charge in [-0.1, -0.05) is 47.5 Å². The summed E-state index contributed by atoms with van der Waals surface area (Å²) in [7, 11) is -4.03. The summed E-state index contributed by atoms with van der Waals surface area (Å²) in [6, 6.07) is 0. The third-order valence-electron chi connectivity index (χ3n) is 12.0. The first-order valence-corrected chi connectivity index (χ1v) is 15.6. The standard InChI is InChI=1S/C28H49NO4S/c1-19(9-10-24(30)29-16-17-34(31,32)33)22-11-15-28(5)25-20(2)18-21-8-6-7-13-26(21,3)23(25)12-14-27(22,28)4/h19-23,25H,6-18H2,1-5H3,(H,29,30)(H,31,32,33)/t19-,20+,21?,22-,23?,25?,26+,27-,28?/m0/s1. The molecule has 4 saturated carbocycles. The Bertz CT molecular complexity index is 874. The number of amides is 1. The Kier molecular flexibility index (Phi) is 7.28.